The normalized spacial score (nSPS) is 42.1. The molecule has 118 valence electrons. The molecule has 1 saturated heterocycles. The third-order valence-electron chi connectivity index (χ3n) is 5.41. The standard InChI is InChI=1S/C16H24O5/c1-6-16(4)7-10(17)11-8(2)15(19)21-13(11)12(16)9(3)14(18)20-5/h8,10-13,17H,3,6-7H2,1-2,4-5H3/t8-,10+,11+,12+,13-,16+/m0/s1. The van der Waals surface area contributed by atoms with Gasteiger partial charge >= 0.3 is 11.9 Å². The number of aliphatic hydroxyl groups is 1. The van der Waals surface area contributed by atoms with Crippen LogP contribution >= 0.6 is 0 Å². The summed E-state index contributed by atoms with van der Waals surface area (Å²) in [5, 5.41) is 10.5. The Hall–Kier alpha value is -1.36. The Morgan fingerprint density at radius 3 is 2.71 bits per heavy atom. The van der Waals surface area contributed by atoms with Crippen LogP contribution in [-0.4, -0.2) is 36.4 Å². The summed E-state index contributed by atoms with van der Waals surface area (Å²) in [7, 11) is 1.31. The van der Waals surface area contributed by atoms with Gasteiger partial charge in [-0.2, -0.15) is 0 Å². The van der Waals surface area contributed by atoms with Crippen molar-refractivity contribution >= 4 is 11.9 Å². The van der Waals surface area contributed by atoms with E-state index in [0.29, 0.717) is 12.0 Å². The summed E-state index contributed by atoms with van der Waals surface area (Å²) < 4.78 is 10.3. The molecule has 0 unspecified atom stereocenters. The SMILES string of the molecule is C=C(C(=O)OC)[C@@H]1[C@H]2OC(=O)[C@@H](C)[C@@H]2[C@H](O)C[C@@]1(C)CC. The molecule has 0 bridgehead atoms. The number of hydrogen-bond acceptors (Lipinski definition) is 5. The Labute approximate surface area is 125 Å². The topological polar surface area (TPSA) is 72.8 Å². The summed E-state index contributed by atoms with van der Waals surface area (Å²) in [6, 6.07) is 0. The Balaban J connectivity index is 2.43. The van der Waals surface area contributed by atoms with Crippen molar-refractivity contribution in [3.8, 4) is 0 Å². The van der Waals surface area contributed by atoms with Crippen molar-refractivity contribution in [2.24, 2.45) is 23.2 Å². The van der Waals surface area contributed by atoms with Gasteiger partial charge in [0.15, 0.2) is 0 Å². The maximum absolute atomic E-state index is 11.9. The van der Waals surface area contributed by atoms with Gasteiger partial charge in [0.2, 0.25) is 0 Å². The molecule has 1 aliphatic carbocycles. The van der Waals surface area contributed by atoms with Crippen LogP contribution in [-0.2, 0) is 19.1 Å². The van der Waals surface area contributed by atoms with Gasteiger partial charge in [-0.05, 0) is 18.3 Å². The van der Waals surface area contributed by atoms with Gasteiger partial charge in [0.25, 0.3) is 0 Å². The van der Waals surface area contributed by atoms with Crippen molar-refractivity contribution in [1.29, 1.82) is 0 Å². The smallest absolute Gasteiger partial charge is 0.333 e. The first kappa shape index (κ1) is 16.0. The summed E-state index contributed by atoms with van der Waals surface area (Å²) >= 11 is 0. The van der Waals surface area contributed by atoms with Crippen molar-refractivity contribution in [3.63, 3.8) is 0 Å². The third kappa shape index (κ3) is 2.37. The average Bonchev–Trinajstić information content (AvgIpc) is 2.73. The third-order valence-corrected chi connectivity index (χ3v) is 5.41. The van der Waals surface area contributed by atoms with E-state index >= 15 is 0 Å². The van der Waals surface area contributed by atoms with E-state index in [4.69, 9.17) is 9.47 Å². The first-order valence-corrected chi connectivity index (χ1v) is 7.42. The largest absolute Gasteiger partial charge is 0.466 e. The Morgan fingerprint density at radius 2 is 2.19 bits per heavy atom. The first-order valence-electron chi connectivity index (χ1n) is 7.42. The lowest BCUT2D eigenvalue weighted by atomic mass is 9.57. The van der Waals surface area contributed by atoms with Gasteiger partial charge in [0.1, 0.15) is 6.10 Å². The minimum Gasteiger partial charge on any atom is -0.466 e. The van der Waals surface area contributed by atoms with Crippen LogP contribution in [0.2, 0.25) is 0 Å². The van der Waals surface area contributed by atoms with E-state index in [9.17, 15) is 14.7 Å². The van der Waals surface area contributed by atoms with Gasteiger partial charge < -0.3 is 14.6 Å². The monoisotopic (exact) mass is 296 g/mol. The van der Waals surface area contributed by atoms with Crippen molar-refractivity contribution in [3.05, 3.63) is 12.2 Å². The number of carbonyl (C=O) groups is 2. The van der Waals surface area contributed by atoms with Gasteiger partial charge in [-0.15, -0.1) is 0 Å². The highest BCUT2D eigenvalue weighted by atomic mass is 16.6. The molecule has 1 N–H and O–H groups in total. The van der Waals surface area contributed by atoms with E-state index in [1.54, 1.807) is 6.92 Å². The van der Waals surface area contributed by atoms with Crippen molar-refractivity contribution in [2.45, 2.75) is 45.8 Å². The van der Waals surface area contributed by atoms with Crippen LogP contribution in [0.4, 0.5) is 0 Å². The number of carbonyl (C=O) groups excluding carboxylic acids is 2. The molecule has 21 heavy (non-hydrogen) atoms. The molecule has 2 rings (SSSR count). The molecule has 1 heterocycles. The predicted octanol–water partition coefficient (Wildman–Crippen LogP) is 1.69. The van der Waals surface area contributed by atoms with Crippen LogP contribution in [0.15, 0.2) is 12.2 Å². The molecule has 5 heteroatoms. The lowest BCUT2D eigenvalue weighted by molar-refractivity contribution is -0.152. The predicted molar refractivity (Wildman–Crippen MR) is 76.2 cm³/mol. The summed E-state index contributed by atoms with van der Waals surface area (Å²) in [5.41, 5.74) is -0.0263. The lowest BCUT2D eigenvalue weighted by Crippen LogP contribution is -2.52. The van der Waals surface area contributed by atoms with Crippen LogP contribution in [0, 0.1) is 23.2 Å². The van der Waals surface area contributed by atoms with E-state index in [1.807, 2.05) is 13.8 Å². The molecule has 6 atom stereocenters. The molecule has 0 amide bonds. The molecular formula is C16H24O5. The van der Waals surface area contributed by atoms with Crippen LogP contribution in [0.1, 0.15) is 33.6 Å². The highest BCUT2D eigenvalue weighted by Crippen LogP contribution is 2.54. The molecule has 0 spiro atoms. The molecular weight excluding hydrogens is 272 g/mol. The number of methoxy groups -OCH3 is 1. The number of hydrogen-bond donors (Lipinski definition) is 1. The Morgan fingerprint density at radius 1 is 1.57 bits per heavy atom. The zero-order valence-corrected chi connectivity index (χ0v) is 13.1. The van der Waals surface area contributed by atoms with Crippen molar-refractivity contribution in [2.75, 3.05) is 7.11 Å². The van der Waals surface area contributed by atoms with E-state index in [0.717, 1.165) is 6.42 Å². The first-order chi connectivity index (χ1) is 9.76. The van der Waals surface area contributed by atoms with E-state index in [1.165, 1.54) is 7.11 Å². The fraction of sp³-hybridized carbons (Fsp3) is 0.750. The van der Waals surface area contributed by atoms with Crippen LogP contribution in [0.3, 0.4) is 0 Å². The van der Waals surface area contributed by atoms with Gasteiger partial charge in [-0.3, -0.25) is 4.79 Å². The zero-order valence-electron chi connectivity index (χ0n) is 13.1. The van der Waals surface area contributed by atoms with Gasteiger partial charge in [-0.25, -0.2) is 4.79 Å². The minimum absolute atomic E-state index is 0.288. The summed E-state index contributed by atoms with van der Waals surface area (Å²) in [5.74, 6) is -1.77. The van der Waals surface area contributed by atoms with E-state index in [-0.39, 0.29) is 29.1 Å². The number of ether oxygens (including phenoxy) is 2. The average molecular weight is 296 g/mol. The maximum atomic E-state index is 11.9. The molecule has 2 aliphatic rings. The molecule has 0 radical (unpaired) electrons. The summed E-state index contributed by atoms with van der Waals surface area (Å²) in [6.45, 7) is 9.65. The number of aliphatic hydroxyl groups excluding tert-OH is 1. The molecule has 2 fully saturated rings. The quantitative estimate of drug-likeness (QED) is 0.634. The maximum Gasteiger partial charge on any atom is 0.333 e. The number of esters is 2. The summed E-state index contributed by atoms with van der Waals surface area (Å²) in [4.78, 5) is 23.8. The molecule has 1 saturated carbocycles. The highest BCUT2D eigenvalue weighted by Gasteiger charge is 2.59. The molecule has 0 aromatic heterocycles. The number of rotatable bonds is 3. The molecule has 0 aromatic rings. The fourth-order valence-corrected chi connectivity index (χ4v) is 3.98. The van der Waals surface area contributed by atoms with E-state index in [2.05, 4.69) is 6.58 Å². The van der Waals surface area contributed by atoms with Gasteiger partial charge in [0.05, 0.1) is 19.1 Å². The second-order valence-corrected chi connectivity index (χ2v) is 6.54. The molecule has 5 nitrogen and oxygen atoms in total. The molecule has 1 aliphatic heterocycles. The lowest BCUT2D eigenvalue weighted by Gasteiger charge is -2.48. The van der Waals surface area contributed by atoms with Crippen LogP contribution in [0.25, 0.3) is 0 Å². The van der Waals surface area contributed by atoms with Crippen LogP contribution < -0.4 is 0 Å². The Kier molecular flexibility index (Phi) is 4.15. The van der Waals surface area contributed by atoms with Crippen LogP contribution in [0.5, 0.6) is 0 Å². The Bertz CT molecular complexity index is 471. The number of fused-ring (bicyclic) bond motifs is 1. The second-order valence-electron chi connectivity index (χ2n) is 6.54. The van der Waals surface area contributed by atoms with E-state index < -0.39 is 18.2 Å². The second kappa shape index (κ2) is 5.44. The summed E-state index contributed by atoms with van der Waals surface area (Å²) in [6.07, 6.45) is 0.155. The fourth-order valence-electron chi connectivity index (χ4n) is 3.98. The van der Waals surface area contributed by atoms with Gasteiger partial charge in [0, 0.05) is 17.4 Å². The van der Waals surface area contributed by atoms with Crippen molar-refractivity contribution < 1.29 is 24.2 Å². The molecule has 0 aromatic carbocycles. The zero-order chi connectivity index (χ0) is 15.9. The van der Waals surface area contributed by atoms with Gasteiger partial charge in [-0.1, -0.05) is 27.4 Å². The minimum atomic E-state index is -0.608. The highest BCUT2D eigenvalue weighted by molar-refractivity contribution is 5.89. The van der Waals surface area contributed by atoms with Crippen molar-refractivity contribution in [1.82, 2.24) is 0 Å².